The second-order valence-electron chi connectivity index (χ2n) is 3.98. The second kappa shape index (κ2) is 5.86. The van der Waals surface area contributed by atoms with Crippen molar-refractivity contribution >= 4 is 11.6 Å². The number of nitrogens with one attached hydrogen (secondary N) is 1. The first kappa shape index (κ1) is 12.9. The minimum absolute atomic E-state index is 0.161. The van der Waals surface area contributed by atoms with Crippen LogP contribution < -0.4 is 15.8 Å². The van der Waals surface area contributed by atoms with Crippen LogP contribution in [0, 0.1) is 0 Å². The van der Waals surface area contributed by atoms with Crippen molar-refractivity contribution < 1.29 is 9.53 Å². The molecule has 0 spiro atoms. The summed E-state index contributed by atoms with van der Waals surface area (Å²) in [6, 6.07) is 10.4. The van der Waals surface area contributed by atoms with Crippen LogP contribution in [0.4, 0.5) is 5.69 Å². The summed E-state index contributed by atoms with van der Waals surface area (Å²) in [5.74, 6) is 0.353. The van der Waals surface area contributed by atoms with Crippen LogP contribution in [0.2, 0.25) is 0 Å². The molecule has 98 valence electrons. The fourth-order valence-electron chi connectivity index (χ4n) is 1.65. The molecule has 5 nitrogen and oxygen atoms in total. The molecule has 1 amide bonds. The molecule has 0 atom stereocenters. The molecule has 0 fully saturated rings. The van der Waals surface area contributed by atoms with Gasteiger partial charge in [0.05, 0.1) is 7.11 Å². The third kappa shape index (κ3) is 3.22. The number of amides is 1. The highest BCUT2D eigenvalue weighted by atomic mass is 16.5. The molecule has 1 heterocycles. The highest BCUT2D eigenvalue weighted by Crippen LogP contribution is 2.13. The molecule has 0 aliphatic carbocycles. The van der Waals surface area contributed by atoms with E-state index < -0.39 is 0 Å². The van der Waals surface area contributed by atoms with Crippen molar-refractivity contribution in [1.29, 1.82) is 0 Å². The van der Waals surface area contributed by atoms with Gasteiger partial charge in [-0.05, 0) is 30.3 Å². The maximum Gasteiger partial charge on any atom is 0.251 e. The summed E-state index contributed by atoms with van der Waals surface area (Å²) in [5.41, 5.74) is 7.60. The van der Waals surface area contributed by atoms with Crippen molar-refractivity contribution in [2.45, 2.75) is 6.54 Å². The van der Waals surface area contributed by atoms with Gasteiger partial charge >= 0.3 is 0 Å². The first-order valence-corrected chi connectivity index (χ1v) is 5.82. The smallest absolute Gasteiger partial charge is 0.251 e. The Kier molecular flexibility index (Phi) is 3.97. The molecule has 5 heteroatoms. The first-order valence-electron chi connectivity index (χ1n) is 5.82. The van der Waals surface area contributed by atoms with Crippen LogP contribution in [0.1, 0.15) is 15.9 Å². The molecular formula is C14H15N3O2. The van der Waals surface area contributed by atoms with Crippen LogP contribution in [-0.2, 0) is 6.54 Å². The number of nitrogens with two attached hydrogens (primary N) is 1. The van der Waals surface area contributed by atoms with Gasteiger partial charge in [-0.2, -0.15) is 0 Å². The minimum Gasteiger partial charge on any atom is -0.481 e. The third-order valence-corrected chi connectivity index (χ3v) is 2.66. The number of carbonyl (C=O) groups excluding carboxylic acids is 1. The van der Waals surface area contributed by atoms with Crippen molar-refractivity contribution in [3.8, 4) is 5.88 Å². The van der Waals surface area contributed by atoms with Crippen LogP contribution in [0.15, 0.2) is 42.6 Å². The Hall–Kier alpha value is -2.56. The number of hydrogen-bond donors (Lipinski definition) is 2. The molecule has 3 N–H and O–H groups in total. The molecule has 1 aromatic heterocycles. The largest absolute Gasteiger partial charge is 0.481 e. The number of nitrogens with zero attached hydrogens (tertiary/aromatic N) is 1. The number of benzene rings is 1. The zero-order chi connectivity index (χ0) is 13.7. The van der Waals surface area contributed by atoms with Gasteiger partial charge in [0.2, 0.25) is 5.88 Å². The van der Waals surface area contributed by atoms with Crippen molar-refractivity contribution in [1.82, 2.24) is 10.3 Å². The Morgan fingerprint density at radius 3 is 2.74 bits per heavy atom. The zero-order valence-corrected chi connectivity index (χ0v) is 10.6. The average molecular weight is 257 g/mol. The molecule has 0 saturated heterocycles. The van der Waals surface area contributed by atoms with Crippen LogP contribution in [0.25, 0.3) is 0 Å². The Morgan fingerprint density at radius 1 is 1.32 bits per heavy atom. The van der Waals surface area contributed by atoms with Crippen molar-refractivity contribution in [3.63, 3.8) is 0 Å². The molecule has 0 bridgehead atoms. The molecule has 19 heavy (non-hydrogen) atoms. The Morgan fingerprint density at radius 2 is 2.05 bits per heavy atom. The fraction of sp³-hybridized carbons (Fsp3) is 0.143. The van der Waals surface area contributed by atoms with E-state index in [1.165, 1.54) is 0 Å². The van der Waals surface area contributed by atoms with Gasteiger partial charge in [-0.3, -0.25) is 4.79 Å². The highest BCUT2D eigenvalue weighted by Gasteiger charge is 2.07. The number of rotatable bonds is 4. The van der Waals surface area contributed by atoms with Crippen molar-refractivity contribution in [2.24, 2.45) is 0 Å². The lowest BCUT2D eigenvalue weighted by molar-refractivity contribution is 0.0950. The van der Waals surface area contributed by atoms with E-state index in [1.54, 1.807) is 43.6 Å². The topological polar surface area (TPSA) is 77.2 Å². The summed E-state index contributed by atoms with van der Waals surface area (Å²) in [6.07, 6.45) is 1.64. The van der Waals surface area contributed by atoms with E-state index >= 15 is 0 Å². The standard InChI is InChI=1S/C14H15N3O2/c1-19-14-11(3-2-8-16-14)9-17-13(18)10-4-6-12(15)7-5-10/h2-8H,9,15H2,1H3,(H,17,18). The van der Waals surface area contributed by atoms with E-state index in [-0.39, 0.29) is 5.91 Å². The summed E-state index contributed by atoms with van der Waals surface area (Å²) < 4.78 is 5.12. The Labute approximate surface area is 111 Å². The predicted molar refractivity (Wildman–Crippen MR) is 72.8 cm³/mol. The number of ether oxygens (including phenoxy) is 1. The predicted octanol–water partition coefficient (Wildman–Crippen LogP) is 1.60. The van der Waals surface area contributed by atoms with Crippen molar-refractivity contribution in [2.75, 3.05) is 12.8 Å². The summed E-state index contributed by atoms with van der Waals surface area (Å²) in [5, 5.41) is 2.81. The fourth-order valence-corrected chi connectivity index (χ4v) is 1.65. The van der Waals surface area contributed by atoms with Gasteiger partial charge < -0.3 is 15.8 Å². The lowest BCUT2D eigenvalue weighted by Gasteiger charge is -2.08. The summed E-state index contributed by atoms with van der Waals surface area (Å²) >= 11 is 0. The van der Waals surface area contributed by atoms with Crippen LogP contribution >= 0.6 is 0 Å². The lowest BCUT2D eigenvalue weighted by Crippen LogP contribution is -2.23. The summed E-state index contributed by atoms with van der Waals surface area (Å²) in [4.78, 5) is 16.0. The van der Waals surface area contributed by atoms with E-state index in [2.05, 4.69) is 10.3 Å². The zero-order valence-electron chi connectivity index (χ0n) is 10.6. The van der Waals surface area contributed by atoms with Gasteiger partial charge in [0.15, 0.2) is 0 Å². The first-order chi connectivity index (χ1) is 9.20. The number of aromatic nitrogens is 1. The molecule has 0 aliphatic heterocycles. The number of methoxy groups -OCH3 is 1. The van der Waals surface area contributed by atoms with E-state index in [9.17, 15) is 4.79 Å². The van der Waals surface area contributed by atoms with Gasteiger partial charge in [0.1, 0.15) is 0 Å². The number of hydrogen-bond acceptors (Lipinski definition) is 4. The monoisotopic (exact) mass is 257 g/mol. The minimum atomic E-state index is -0.161. The molecule has 1 aromatic carbocycles. The molecule has 0 saturated carbocycles. The number of anilines is 1. The van der Waals surface area contributed by atoms with E-state index in [0.29, 0.717) is 23.7 Å². The van der Waals surface area contributed by atoms with Crippen LogP contribution in [0.5, 0.6) is 5.88 Å². The second-order valence-corrected chi connectivity index (χ2v) is 3.98. The Bertz CT molecular complexity index is 567. The Balaban J connectivity index is 2.02. The molecule has 0 unspecified atom stereocenters. The van der Waals surface area contributed by atoms with Crippen LogP contribution in [-0.4, -0.2) is 18.0 Å². The number of carbonyl (C=O) groups is 1. The average Bonchev–Trinajstić information content (AvgIpc) is 2.45. The van der Waals surface area contributed by atoms with Crippen molar-refractivity contribution in [3.05, 3.63) is 53.7 Å². The molecular weight excluding hydrogens is 242 g/mol. The number of nitrogen functional groups attached to an aromatic ring is 1. The third-order valence-electron chi connectivity index (χ3n) is 2.66. The van der Waals surface area contributed by atoms with Crippen LogP contribution in [0.3, 0.4) is 0 Å². The summed E-state index contributed by atoms with van der Waals surface area (Å²) in [6.45, 7) is 0.361. The molecule has 0 aliphatic rings. The quantitative estimate of drug-likeness (QED) is 0.816. The molecule has 2 aromatic rings. The lowest BCUT2D eigenvalue weighted by atomic mass is 10.2. The normalized spacial score (nSPS) is 9.95. The molecule has 2 rings (SSSR count). The SMILES string of the molecule is COc1ncccc1CNC(=O)c1ccc(N)cc1. The molecule has 0 radical (unpaired) electrons. The van der Waals surface area contributed by atoms with E-state index in [4.69, 9.17) is 10.5 Å². The van der Waals surface area contributed by atoms with E-state index in [1.807, 2.05) is 6.07 Å². The highest BCUT2D eigenvalue weighted by molar-refractivity contribution is 5.94. The van der Waals surface area contributed by atoms with Gasteiger partial charge in [-0.1, -0.05) is 6.07 Å². The van der Waals surface area contributed by atoms with Gasteiger partial charge in [0.25, 0.3) is 5.91 Å². The maximum absolute atomic E-state index is 11.9. The van der Waals surface area contributed by atoms with E-state index in [0.717, 1.165) is 5.56 Å². The van der Waals surface area contributed by atoms with Gasteiger partial charge in [-0.15, -0.1) is 0 Å². The van der Waals surface area contributed by atoms with Gasteiger partial charge in [0, 0.05) is 29.6 Å². The summed E-state index contributed by atoms with van der Waals surface area (Å²) in [7, 11) is 1.55. The van der Waals surface area contributed by atoms with Gasteiger partial charge in [-0.25, -0.2) is 4.98 Å². The maximum atomic E-state index is 11.9. The number of pyridine rings is 1.